The average molecular weight is 269 g/mol. The molecule has 4 heteroatoms. The molecule has 20 heavy (non-hydrogen) atoms. The number of ether oxygens (including phenoxy) is 1. The molecule has 0 aliphatic rings. The first kappa shape index (κ1) is 13.8. The summed E-state index contributed by atoms with van der Waals surface area (Å²) in [6, 6.07) is 13.9. The van der Waals surface area contributed by atoms with E-state index in [1.807, 2.05) is 19.1 Å². The predicted octanol–water partition coefficient (Wildman–Crippen LogP) is 2.83. The summed E-state index contributed by atoms with van der Waals surface area (Å²) in [5.74, 6) is -0.919. The Labute approximate surface area is 117 Å². The fourth-order valence-corrected chi connectivity index (χ4v) is 1.78. The van der Waals surface area contributed by atoms with Gasteiger partial charge < -0.3 is 10.1 Å². The lowest BCUT2D eigenvalue weighted by Gasteiger charge is -2.08. The monoisotopic (exact) mass is 269 g/mol. The van der Waals surface area contributed by atoms with Gasteiger partial charge in [-0.05, 0) is 31.2 Å². The molecule has 0 fully saturated rings. The van der Waals surface area contributed by atoms with Crippen molar-refractivity contribution in [2.75, 3.05) is 12.4 Å². The van der Waals surface area contributed by atoms with Crippen LogP contribution >= 0.6 is 0 Å². The fourth-order valence-electron chi connectivity index (χ4n) is 1.78. The molecule has 0 bridgehead atoms. The van der Waals surface area contributed by atoms with Gasteiger partial charge in [0.05, 0.1) is 12.7 Å². The minimum atomic E-state index is -0.682. The summed E-state index contributed by atoms with van der Waals surface area (Å²) in [5.41, 5.74) is 1.92. The molecule has 0 aliphatic heterocycles. The Bertz CT molecular complexity index is 632. The van der Waals surface area contributed by atoms with Crippen LogP contribution in [0.25, 0.3) is 0 Å². The fraction of sp³-hybridized carbons (Fsp3) is 0.125. The normalized spacial score (nSPS) is 9.90. The van der Waals surface area contributed by atoms with Gasteiger partial charge in [-0.2, -0.15) is 0 Å². The van der Waals surface area contributed by atoms with Crippen molar-refractivity contribution in [2.45, 2.75) is 6.92 Å². The number of nitrogens with one attached hydrogen (secondary N) is 1. The van der Waals surface area contributed by atoms with E-state index in [0.29, 0.717) is 11.4 Å². The number of hydrogen-bond acceptors (Lipinski definition) is 3. The first-order valence-electron chi connectivity index (χ1n) is 6.17. The summed E-state index contributed by atoms with van der Waals surface area (Å²) >= 11 is 0. The minimum absolute atomic E-state index is 0.250. The molecule has 2 aromatic rings. The number of amides is 1. The molecule has 0 aromatic heterocycles. The predicted molar refractivity (Wildman–Crippen MR) is 77.1 cm³/mol. The van der Waals surface area contributed by atoms with Crippen LogP contribution in [0.5, 0.6) is 5.75 Å². The van der Waals surface area contributed by atoms with Gasteiger partial charge in [0.1, 0.15) is 5.75 Å². The lowest BCUT2D eigenvalue weighted by molar-refractivity contribution is -0.112. The van der Waals surface area contributed by atoms with E-state index in [2.05, 4.69) is 5.32 Å². The SMILES string of the molecule is COc1ccccc1C(=O)C(=O)Nc1ccc(C)cc1. The molecule has 2 rings (SSSR count). The minimum Gasteiger partial charge on any atom is -0.496 e. The maximum atomic E-state index is 12.1. The molecule has 1 N–H and O–H groups in total. The lowest BCUT2D eigenvalue weighted by atomic mass is 10.1. The van der Waals surface area contributed by atoms with E-state index in [1.165, 1.54) is 7.11 Å². The van der Waals surface area contributed by atoms with Gasteiger partial charge in [0.2, 0.25) is 0 Å². The largest absolute Gasteiger partial charge is 0.496 e. The zero-order valence-electron chi connectivity index (χ0n) is 11.3. The Hall–Kier alpha value is -2.62. The van der Waals surface area contributed by atoms with E-state index in [-0.39, 0.29) is 5.56 Å². The zero-order valence-corrected chi connectivity index (χ0v) is 11.3. The summed E-state index contributed by atoms with van der Waals surface area (Å²) in [5, 5.41) is 2.57. The van der Waals surface area contributed by atoms with E-state index >= 15 is 0 Å². The molecular weight excluding hydrogens is 254 g/mol. The van der Waals surface area contributed by atoms with E-state index < -0.39 is 11.7 Å². The number of methoxy groups -OCH3 is 1. The molecule has 102 valence electrons. The van der Waals surface area contributed by atoms with Crippen molar-refractivity contribution in [1.29, 1.82) is 0 Å². The van der Waals surface area contributed by atoms with Crippen molar-refractivity contribution in [3.63, 3.8) is 0 Å². The maximum absolute atomic E-state index is 12.1. The number of aryl methyl sites for hydroxylation is 1. The molecule has 0 aliphatic carbocycles. The van der Waals surface area contributed by atoms with Crippen LogP contribution in [0.1, 0.15) is 15.9 Å². The van der Waals surface area contributed by atoms with E-state index in [1.54, 1.807) is 36.4 Å². The van der Waals surface area contributed by atoms with Gasteiger partial charge in [0, 0.05) is 5.69 Å². The van der Waals surface area contributed by atoms with Gasteiger partial charge in [-0.25, -0.2) is 0 Å². The first-order valence-corrected chi connectivity index (χ1v) is 6.17. The number of carbonyl (C=O) groups excluding carboxylic acids is 2. The third-order valence-electron chi connectivity index (χ3n) is 2.87. The average Bonchev–Trinajstić information content (AvgIpc) is 2.48. The Morgan fingerprint density at radius 3 is 2.30 bits per heavy atom. The van der Waals surface area contributed by atoms with Crippen LogP contribution in [0.2, 0.25) is 0 Å². The topological polar surface area (TPSA) is 55.4 Å². The van der Waals surface area contributed by atoms with Gasteiger partial charge in [-0.15, -0.1) is 0 Å². The van der Waals surface area contributed by atoms with E-state index in [4.69, 9.17) is 4.74 Å². The van der Waals surface area contributed by atoms with Crippen molar-refractivity contribution in [3.8, 4) is 5.75 Å². The van der Waals surface area contributed by atoms with Crippen LogP contribution in [0.3, 0.4) is 0 Å². The van der Waals surface area contributed by atoms with Crippen molar-refractivity contribution >= 4 is 17.4 Å². The standard InChI is InChI=1S/C16H15NO3/c1-11-7-9-12(10-8-11)17-16(19)15(18)13-5-3-4-6-14(13)20-2/h3-10H,1-2H3,(H,17,19). The number of para-hydroxylation sites is 1. The summed E-state index contributed by atoms with van der Waals surface area (Å²) in [7, 11) is 1.46. The van der Waals surface area contributed by atoms with Crippen LogP contribution in [-0.4, -0.2) is 18.8 Å². The molecule has 0 saturated heterocycles. The second kappa shape index (κ2) is 6.02. The number of Topliss-reactive ketones (excluding diaryl/α,β-unsaturated/α-hetero) is 1. The van der Waals surface area contributed by atoms with Crippen LogP contribution in [0.15, 0.2) is 48.5 Å². The molecule has 4 nitrogen and oxygen atoms in total. The molecule has 2 aromatic carbocycles. The summed E-state index contributed by atoms with van der Waals surface area (Å²) in [6.45, 7) is 1.95. The zero-order chi connectivity index (χ0) is 14.5. The van der Waals surface area contributed by atoms with Gasteiger partial charge in [0.25, 0.3) is 11.7 Å². The third-order valence-corrected chi connectivity index (χ3v) is 2.87. The Balaban J connectivity index is 2.16. The Morgan fingerprint density at radius 1 is 1.00 bits per heavy atom. The number of rotatable bonds is 4. The highest BCUT2D eigenvalue weighted by Gasteiger charge is 2.19. The summed E-state index contributed by atoms with van der Waals surface area (Å²) in [6.07, 6.45) is 0. The molecular formula is C16H15NO3. The Kier molecular flexibility index (Phi) is 4.15. The number of carbonyl (C=O) groups is 2. The molecule has 0 saturated carbocycles. The number of anilines is 1. The van der Waals surface area contributed by atoms with Crippen LogP contribution < -0.4 is 10.1 Å². The third kappa shape index (κ3) is 3.03. The molecule has 0 heterocycles. The lowest BCUT2D eigenvalue weighted by Crippen LogP contribution is -2.23. The molecule has 0 spiro atoms. The number of benzene rings is 2. The van der Waals surface area contributed by atoms with Gasteiger partial charge >= 0.3 is 0 Å². The summed E-state index contributed by atoms with van der Waals surface area (Å²) in [4.78, 5) is 24.1. The van der Waals surface area contributed by atoms with Crippen molar-refractivity contribution < 1.29 is 14.3 Å². The van der Waals surface area contributed by atoms with Crippen LogP contribution in [0.4, 0.5) is 5.69 Å². The van der Waals surface area contributed by atoms with Crippen molar-refractivity contribution in [3.05, 3.63) is 59.7 Å². The van der Waals surface area contributed by atoms with Gasteiger partial charge in [-0.3, -0.25) is 9.59 Å². The quantitative estimate of drug-likeness (QED) is 0.686. The maximum Gasteiger partial charge on any atom is 0.296 e. The van der Waals surface area contributed by atoms with E-state index in [9.17, 15) is 9.59 Å². The van der Waals surface area contributed by atoms with E-state index in [0.717, 1.165) is 5.56 Å². The second-order valence-corrected chi connectivity index (χ2v) is 4.35. The van der Waals surface area contributed by atoms with Crippen molar-refractivity contribution in [1.82, 2.24) is 0 Å². The molecule has 0 radical (unpaired) electrons. The molecule has 1 amide bonds. The highest BCUT2D eigenvalue weighted by Crippen LogP contribution is 2.18. The van der Waals surface area contributed by atoms with Crippen LogP contribution in [0, 0.1) is 6.92 Å². The number of ketones is 1. The Morgan fingerprint density at radius 2 is 1.65 bits per heavy atom. The van der Waals surface area contributed by atoms with Crippen LogP contribution in [-0.2, 0) is 4.79 Å². The molecule has 0 unspecified atom stereocenters. The van der Waals surface area contributed by atoms with Gasteiger partial charge in [0.15, 0.2) is 0 Å². The second-order valence-electron chi connectivity index (χ2n) is 4.35. The highest BCUT2D eigenvalue weighted by atomic mass is 16.5. The highest BCUT2D eigenvalue weighted by molar-refractivity contribution is 6.47. The summed E-state index contributed by atoms with van der Waals surface area (Å²) < 4.78 is 5.08. The van der Waals surface area contributed by atoms with Gasteiger partial charge in [-0.1, -0.05) is 29.8 Å². The first-order chi connectivity index (χ1) is 9.61. The van der Waals surface area contributed by atoms with Crippen molar-refractivity contribution in [2.24, 2.45) is 0 Å². The number of hydrogen-bond donors (Lipinski definition) is 1. The smallest absolute Gasteiger partial charge is 0.296 e. The molecule has 0 atom stereocenters.